The van der Waals surface area contributed by atoms with Gasteiger partial charge < -0.3 is 5.11 Å². The van der Waals surface area contributed by atoms with Crippen LogP contribution in [0.4, 0.5) is 8.78 Å². The maximum Gasteiger partial charge on any atom is 0.356 e. The van der Waals surface area contributed by atoms with Crippen LogP contribution in [0.2, 0.25) is 0 Å². The minimum atomic E-state index is -2.54. The van der Waals surface area contributed by atoms with Gasteiger partial charge in [0.2, 0.25) is 0 Å². The molecule has 1 aromatic heterocycles. The molecule has 1 aromatic carbocycles. The van der Waals surface area contributed by atoms with Crippen molar-refractivity contribution in [2.45, 2.75) is 6.43 Å². The van der Waals surface area contributed by atoms with Crippen LogP contribution in [0.15, 0.2) is 28.2 Å². The van der Waals surface area contributed by atoms with Gasteiger partial charge in [-0.05, 0) is 21.5 Å². The third-order valence-electron chi connectivity index (χ3n) is 2.23. The highest BCUT2D eigenvalue weighted by Gasteiger charge is 2.18. The van der Waals surface area contributed by atoms with Gasteiger partial charge >= 0.3 is 5.97 Å². The van der Waals surface area contributed by atoms with Crippen LogP contribution in [0.3, 0.4) is 0 Å². The molecule has 0 fully saturated rings. The van der Waals surface area contributed by atoms with Gasteiger partial charge in [0.15, 0.2) is 9.61 Å². The van der Waals surface area contributed by atoms with Gasteiger partial charge in [-0.2, -0.15) is 0 Å². The Morgan fingerprint density at radius 2 is 1.94 bits per heavy atom. The number of hydrogen-bond donors (Lipinski definition) is 1. The first-order valence-electron chi connectivity index (χ1n) is 4.77. The first-order chi connectivity index (χ1) is 8.49. The number of carboxylic acids is 1. The second kappa shape index (κ2) is 5.11. The van der Waals surface area contributed by atoms with Crippen molar-refractivity contribution in [2.24, 2.45) is 0 Å². The summed E-state index contributed by atoms with van der Waals surface area (Å²) in [6, 6.07) is 5.49. The Balaban J connectivity index is 2.45. The molecule has 0 aliphatic heterocycles. The number of hydrogen-bond acceptors (Lipinski definition) is 3. The monoisotopic (exact) mass is 333 g/mol. The van der Waals surface area contributed by atoms with E-state index in [9.17, 15) is 13.6 Å². The fraction of sp³-hybridized carbons (Fsp3) is 0.0909. The summed E-state index contributed by atoms with van der Waals surface area (Å²) in [6.45, 7) is 0. The molecule has 0 amide bonds. The average molecular weight is 334 g/mol. The molecule has 0 atom stereocenters. The van der Waals surface area contributed by atoms with E-state index in [0.29, 0.717) is 14.4 Å². The number of benzene rings is 1. The molecule has 0 spiro atoms. The Morgan fingerprint density at radius 1 is 1.33 bits per heavy atom. The molecule has 18 heavy (non-hydrogen) atoms. The lowest BCUT2D eigenvalue weighted by atomic mass is 10.1. The molecule has 2 rings (SSSR count). The molecule has 2 aromatic rings. The number of aromatic nitrogens is 1. The molecule has 7 heteroatoms. The molecule has 0 radical (unpaired) electrons. The van der Waals surface area contributed by atoms with Gasteiger partial charge in [0, 0.05) is 5.56 Å². The smallest absolute Gasteiger partial charge is 0.356 e. The second-order valence-corrected chi connectivity index (χ2v) is 5.65. The van der Waals surface area contributed by atoms with Crippen molar-refractivity contribution < 1.29 is 18.7 Å². The second-order valence-electron chi connectivity index (χ2n) is 3.37. The molecular weight excluding hydrogens is 328 g/mol. The fourth-order valence-corrected chi connectivity index (χ4v) is 2.87. The number of rotatable bonds is 3. The van der Waals surface area contributed by atoms with Gasteiger partial charge in [0.25, 0.3) is 6.43 Å². The van der Waals surface area contributed by atoms with Crippen LogP contribution in [0, 0.1) is 0 Å². The first kappa shape index (κ1) is 13.1. The third-order valence-corrected chi connectivity index (χ3v) is 3.78. The summed E-state index contributed by atoms with van der Waals surface area (Å²) in [5.74, 6) is -1.15. The Morgan fingerprint density at radius 3 is 2.44 bits per heavy atom. The van der Waals surface area contributed by atoms with Crippen molar-refractivity contribution in [3.8, 4) is 10.4 Å². The van der Waals surface area contributed by atoms with Crippen LogP contribution in [0.25, 0.3) is 10.4 Å². The molecule has 1 heterocycles. The maximum absolute atomic E-state index is 12.4. The molecule has 0 aliphatic rings. The maximum atomic E-state index is 12.4. The van der Waals surface area contributed by atoms with Crippen molar-refractivity contribution in [1.29, 1.82) is 0 Å². The first-order valence-corrected chi connectivity index (χ1v) is 6.38. The molecular formula is C11H6BrF2NO2S. The highest BCUT2D eigenvalue weighted by atomic mass is 79.9. The van der Waals surface area contributed by atoms with Crippen LogP contribution in [-0.2, 0) is 0 Å². The number of alkyl halides is 2. The quantitative estimate of drug-likeness (QED) is 0.915. The van der Waals surface area contributed by atoms with E-state index >= 15 is 0 Å². The standard InChI is InChI=1S/C11H6BrF2NO2S/c12-11-15-7(10(16)17)8(18-11)5-1-3-6(4-2-5)9(13)14/h1-4,9H,(H,16,17). The fourth-order valence-electron chi connectivity index (χ4n) is 1.41. The van der Waals surface area contributed by atoms with E-state index in [4.69, 9.17) is 5.11 Å². The van der Waals surface area contributed by atoms with Crippen LogP contribution in [0.1, 0.15) is 22.5 Å². The number of halogens is 3. The predicted molar refractivity (Wildman–Crippen MR) is 67.2 cm³/mol. The molecule has 0 saturated carbocycles. The topological polar surface area (TPSA) is 50.2 Å². The summed E-state index contributed by atoms with van der Waals surface area (Å²) in [6.07, 6.45) is -2.54. The summed E-state index contributed by atoms with van der Waals surface area (Å²) in [4.78, 5) is 15.3. The molecule has 0 bridgehead atoms. The summed E-state index contributed by atoms with van der Waals surface area (Å²) >= 11 is 4.26. The van der Waals surface area contributed by atoms with Crippen molar-refractivity contribution in [1.82, 2.24) is 4.98 Å². The van der Waals surface area contributed by atoms with Crippen LogP contribution in [0.5, 0.6) is 0 Å². The zero-order valence-corrected chi connectivity index (χ0v) is 11.1. The molecule has 0 saturated heterocycles. The van der Waals surface area contributed by atoms with Gasteiger partial charge in [0.05, 0.1) is 4.88 Å². The highest BCUT2D eigenvalue weighted by Crippen LogP contribution is 2.34. The predicted octanol–water partition coefficient (Wildman–Crippen LogP) is 4.21. The number of aromatic carboxylic acids is 1. The van der Waals surface area contributed by atoms with E-state index in [2.05, 4.69) is 20.9 Å². The van der Waals surface area contributed by atoms with Crippen molar-refractivity contribution >= 4 is 33.2 Å². The normalized spacial score (nSPS) is 10.9. The molecule has 0 aliphatic carbocycles. The highest BCUT2D eigenvalue weighted by molar-refractivity contribution is 9.11. The number of nitrogens with zero attached hydrogens (tertiary/aromatic N) is 1. The SMILES string of the molecule is O=C(O)c1nc(Br)sc1-c1ccc(C(F)F)cc1. The zero-order chi connectivity index (χ0) is 13.3. The van der Waals surface area contributed by atoms with Gasteiger partial charge in [-0.1, -0.05) is 24.3 Å². The van der Waals surface area contributed by atoms with Crippen LogP contribution >= 0.6 is 27.3 Å². The largest absolute Gasteiger partial charge is 0.476 e. The van der Waals surface area contributed by atoms with E-state index in [0.717, 1.165) is 11.3 Å². The van der Waals surface area contributed by atoms with E-state index in [1.54, 1.807) is 0 Å². The van der Waals surface area contributed by atoms with E-state index < -0.39 is 12.4 Å². The van der Waals surface area contributed by atoms with Crippen LogP contribution < -0.4 is 0 Å². The molecule has 0 unspecified atom stereocenters. The summed E-state index contributed by atoms with van der Waals surface area (Å²) in [5, 5.41) is 8.99. The molecule has 3 nitrogen and oxygen atoms in total. The van der Waals surface area contributed by atoms with Crippen molar-refractivity contribution in [3.63, 3.8) is 0 Å². The van der Waals surface area contributed by atoms with Gasteiger partial charge in [-0.25, -0.2) is 18.6 Å². The summed E-state index contributed by atoms with van der Waals surface area (Å²) < 4.78 is 25.2. The molecule has 94 valence electrons. The van der Waals surface area contributed by atoms with Gasteiger partial charge in [-0.15, -0.1) is 11.3 Å². The van der Waals surface area contributed by atoms with E-state index in [1.807, 2.05) is 0 Å². The van der Waals surface area contributed by atoms with Crippen molar-refractivity contribution in [3.05, 3.63) is 39.4 Å². The number of carboxylic acid groups (broad SMARTS) is 1. The summed E-state index contributed by atoms with van der Waals surface area (Å²) in [7, 11) is 0. The zero-order valence-electron chi connectivity index (χ0n) is 8.73. The van der Waals surface area contributed by atoms with Gasteiger partial charge in [0.1, 0.15) is 0 Å². The van der Waals surface area contributed by atoms with E-state index in [1.165, 1.54) is 24.3 Å². The molecule has 1 N–H and O–H groups in total. The minimum Gasteiger partial charge on any atom is -0.476 e. The lowest BCUT2D eigenvalue weighted by molar-refractivity contribution is 0.0692. The Kier molecular flexibility index (Phi) is 3.72. The Labute approximate surface area is 113 Å². The van der Waals surface area contributed by atoms with E-state index in [-0.39, 0.29) is 11.3 Å². The van der Waals surface area contributed by atoms with Gasteiger partial charge in [-0.3, -0.25) is 0 Å². The summed E-state index contributed by atoms with van der Waals surface area (Å²) in [5.41, 5.74) is 0.371. The average Bonchev–Trinajstić information content (AvgIpc) is 2.71. The Bertz CT molecular complexity index is 583. The Hall–Kier alpha value is -1.34. The van der Waals surface area contributed by atoms with Crippen molar-refractivity contribution in [2.75, 3.05) is 0 Å². The number of thiazole rings is 1. The third kappa shape index (κ3) is 2.56. The number of carbonyl (C=O) groups is 1. The lowest BCUT2D eigenvalue weighted by Crippen LogP contribution is -1.98. The van der Waals surface area contributed by atoms with Crippen LogP contribution in [-0.4, -0.2) is 16.1 Å². The minimum absolute atomic E-state index is 0.0864. The lowest BCUT2D eigenvalue weighted by Gasteiger charge is -2.02.